The summed E-state index contributed by atoms with van der Waals surface area (Å²) in [6, 6.07) is 11.8. The Balaban J connectivity index is 1.82. The van der Waals surface area contributed by atoms with Gasteiger partial charge in [-0.3, -0.25) is 14.4 Å². The number of hydrogen-bond acceptors (Lipinski definition) is 4. The quantitative estimate of drug-likeness (QED) is 0.672. The number of esters is 1. The number of unbranched alkanes of at least 4 members (excludes halogenated alkanes) is 1. The minimum absolute atomic E-state index is 0.110. The summed E-state index contributed by atoms with van der Waals surface area (Å²) in [4.78, 5) is 36.7. The van der Waals surface area contributed by atoms with E-state index in [-0.39, 0.29) is 24.1 Å². The zero-order valence-corrected chi connectivity index (χ0v) is 13.5. The van der Waals surface area contributed by atoms with Gasteiger partial charge in [-0.25, -0.2) is 0 Å². The lowest BCUT2D eigenvalue weighted by Gasteiger charge is -2.18. The van der Waals surface area contributed by atoms with Gasteiger partial charge in [-0.1, -0.05) is 43.7 Å². The predicted molar refractivity (Wildman–Crippen MR) is 89.1 cm³/mol. The standard InChI is InChI=1S/C20H18O4/c1-2-3-8-18(21)24-12-13-9-10-16-17(11-13)20(23)15-7-5-4-6-14(15)19(16)22/h4-7,9-11H,2-3,8,12H2,1H3. The van der Waals surface area contributed by atoms with Crippen molar-refractivity contribution < 1.29 is 19.1 Å². The van der Waals surface area contributed by atoms with Crippen molar-refractivity contribution in [1.29, 1.82) is 0 Å². The Kier molecular flexibility index (Phi) is 4.56. The van der Waals surface area contributed by atoms with Crippen LogP contribution in [0.3, 0.4) is 0 Å². The SMILES string of the molecule is CCCCC(=O)OCc1ccc2c(c1)C(=O)c1ccccc1C2=O. The molecule has 0 N–H and O–H groups in total. The summed E-state index contributed by atoms with van der Waals surface area (Å²) in [7, 11) is 0. The monoisotopic (exact) mass is 322 g/mol. The predicted octanol–water partition coefficient (Wildman–Crippen LogP) is 3.70. The average Bonchev–Trinajstić information content (AvgIpc) is 2.62. The molecule has 24 heavy (non-hydrogen) atoms. The second kappa shape index (κ2) is 6.79. The van der Waals surface area contributed by atoms with E-state index in [1.54, 1.807) is 42.5 Å². The van der Waals surface area contributed by atoms with Crippen LogP contribution in [0.15, 0.2) is 42.5 Å². The molecule has 0 amide bonds. The minimum Gasteiger partial charge on any atom is -0.461 e. The van der Waals surface area contributed by atoms with Crippen LogP contribution in [0.4, 0.5) is 0 Å². The third kappa shape index (κ3) is 3.00. The van der Waals surface area contributed by atoms with Crippen molar-refractivity contribution >= 4 is 17.5 Å². The Labute approximate surface area is 140 Å². The first-order valence-corrected chi connectivity index (χ1v) is 8.08. The maximum Gasteiger partial charge on any atom is 0.306 e. The van der Waals surface area contributed by atoms with E-state index in [1.165, 1.54) is 0 Å². The van der Waals surface area contributed by atoms with Crippen molar-refractivity contribution in [1.82, 2.24) is 0 Å². The highest BCUT2D eigenvalue weighted by atomic mass is 16.5. The lowest BCUT2D eigenvalue weighted by molar-refractivity contribution is -0.145. The maximum absolute atomic E-state index is 12.6. The fraction of sp³-hybridized carbons (Fsp3) is 0.250. The Morgan fingerprint density at radius 1 is 0.917 bits per heavy atom. The smallest absolute Gasteiger partial charge is 0.306 e. The highest BCUT2D eigenvalue weighted by Gasteiger charge is 2.29. The summed E-state index contributed by atoms with van der Waals surface area (Å²) in [6.07, 6.45) is 2.13. The Morgan fingerprint density at radius 3 is 2.21 bits per heavy atom. The summed E-state index contributed by atoms with van der Waals surface area (Å²) in [5, 5.41) is 0. The molecule has 3 rings (SSSR count). The van der Waals surface area contributed by atoms with Crippen LogP contribution in [-0.2, 0) is 16.1 Å². The first-order chi connectivity index (χ1) is 11.6. The molecule has 122 valence electrons. The summed E-state index contributed by atoms with van der Waals surface area (Å²) < 4.78 is 5.22. The molecule has 1 aliphatic rings. The number of ether oxygens (including phenoxy) is 1. The van der Waals surface area contributed by atoms with E-state index in [0.717, 1.165) is 12.8 Å². The molecule has 0 atom stereocenters. The molecule has 0 unspecified atom stereocenters. The molecule has 1 aliphatic carbocycles. The van der Waals surface area contributed by atoms with Crippen LogP contribution in [0.5, 0.6) is 0 Å². The van der Waals surface area contributed by atoms with Crippen LogP contribution in [-0.4, -0.2) is 17.5 Å². The molecule has 0 saturated carbocycles. The zero-order valence-electron chi connectivity index (χ0n) is 13.5. The van der Waals surface area contributed by atoms with Crippen molar-refractivity contribution in [3.63, 3.8) is 0 Å². The van der Waals surface area contributed by atoms with Crippen molar-refractivity contribution in [2.75, 3.05) is 0 Å². The molecule has 0 spiro atoms. The van der Waals surface area contributed by atoms with Gasteiger partial charge in [-0.15, -0.1) is 0 Å². The third-order valence-electron chi connectivity index (χ3n) is 4.12. The van der Waals surface area contributed by atoms with E-state index >= 15 is 0 Å². The van der Waals surface area contributed by atoms with Crippen molar-refractivity contribution in [2.24, 2.45) is 0 Å². The topological polar surface area (TPSA) is 60.4 Å². The lowest BCUT2D eigenvalue weighted by Crippen LogP contribution is -2.21. The molecule has 0 radical (unpaired) electrons. The van der Waals surface area contributed by atoms with E-state index in [4.69, 9.17) is 4.74 Å². The van der Waals surface area contributed by atoms with E-state index in [0.29, 0.717) is 34.2 Å². The van der Waals surface area contributed by atoms with Gasteiger partial charge in [0.05, 0.1) is 0 Å². The molecule has 0 saturated heterocycles. The third-order valence-corrected chi connectivity index (χ3v) is 4.12. The van der Waals surface area contributed by atoms with Crippen LogP contribution in [0.1, 0.15) is 63.6 Å². The number of benzene rings is 2. The lowest BCUT2D eigenvalue weighted by atomic mass is 9.83. The van der Waals surface area contributed by atoms with Gasteiger partial charge in [0, 0.05) is 28.7 Å². The van der Waals surface area contributed by atoms with E-state index in [9.17, 15) is 14.4 Å². The number of fused-ring (bicyclic) bond motifs is 2. The van der Waals surface area contributed by atoms with Crippen LogP contribution in [0.25, 0.3) is 0 Å². The van der Waals surface area contributed by atoms with Gasteiger partial charge in [-0.05, 0) is 24.1 Å². The Hall–Kier alpha value is -2.75. The molecule has 0 fully saturated rings. The minimum atomic E-state index is -0.248. The highest BCUT2D eigenvalue weighted by molar-refractivity contribution is 6.28. The van der Waals surface area contributed by atoms with Gasteiger partial charge in [-0.2, -0.15) is 0 Å². The van der Waals surface area contributed by atoms with E-state index in [1.807, 2.05) is 6.92 Å². The molecule has 2 aromatic carbocycles. The normalized spacial score (nSPS) is 12.5. The molecule has 0 aliphatic heterocycles. The number of carbonyl (C=O) groups excluding carboxylic acids is 3. The average molecular weight is 322 g/mol. The molecule has 0 aromatic heterocycles. The van der Waals surface area contributed by atoms with Crippen molar-refractivity contribution in [3.05, 3.63) is 70.3 Å². The molecular weight excluding hydrogens is 304 g/mol. The van der Waals surface area contributed by atoms with Crippen molar-refractivity contribution in [3.8, 4) is 0 Å². The number of ketones is 2. The second-order valence-electron chi connectivity index (χ2n) is 5.85. The fourth-order valence-electron chi connectivity index (χ4n) is 2.79. The van der Waals surface area contributed by atoms with Gasteiger partial charge in [0.15, 0.2) is 11.6 Å². The summed E-state index contributed by atoms with van der Waals surface area (Å²) in [5.41, 5.74) is 2.35. The molecule has 0 bridgehead atoms. The maximum atomic E-state index is 12.6. The first kappa shape index (κ1) is 16.1. The van der Waals surface area contributed by atoms with Gasteiger partial charge < -0.3 is 4.74 Å². The van der Waals surface area contributed by atoms with E-state index < -0.39 is 0 Å². The van der Waals surface area contributed by atoms with Crippen molar-refractivity contribution in [2.45, 2.75) is 32.8 Å². The number of carbonyl (C=O) groups is 3. The summed E-state index contributed by atoms with van der Waals surface area (Å²) >= 11 is 0. The van der Waals surface area contributed by atoms with Gasteiger partial charge in [0.1, 0.15) is 6.61 Å². The Bertz CT molecular complexity index is 820. The summed E-state index contributed by atoms with van der Waals surface area (Å²) in [5.74, 6) is -0.562. The first-order valence-electron chi connectivity index (χ1n) is 8.08. The van der Waals surface area contributed by atoms with Gasteiger partial charge in [0.25, 0.3) is 0 Å². The molecule has 4 nitrogen and oxygen atoms in total. The van der Waals surface area contributed by atoms with Crippen LogP contribution in [0, 0.1) is 0 Å². The number of rotatable bonds is 5. The molecule has 4 heteroatoms. The summed E-state index contributed by atoms with van der Waals surface area (Å²) in [6.45, 7) is 2.12. The van der Waals surface area contributed by atoms with Gasteiger partial charge in [0.2, 0.25) is 0 Å². The van der Waals surface area contributed by atoms with Crippen LogP contribution < -0.4 is 0 Å². The molecule has 2 aromatic rings. The second-order valence-corrected chi connectivity index (χ2v) is 5.85. The van der Waals surface area contributed by atoms with Crippen LogP contribution >= 0.6 is 0 Å². The Morgan fingerprint density at radius 2 is 1.54 bits per heavy atom. The highest BCUT2D eigenvalue weighted by Crippen LogP contribution is 2.28. The van der Waals surface area contributed by atoms with E-state index in [2.05, 4.69) is 0 Å². The molecule has 0 heterocycles. The fourth-order valence-corrected chi connectivity index (χ4v) is 2.79. The van der Waals surface area contributed by atoms with Gasteiger partial charge >= 0.3 is 5.97 Å². The largest absolute Gasteiger partial charge is 0.461 e. The number of hydrogen-bond donors (Lipinski definition) is 0. The zero-order chi connectivity index (χ0) is 17.1. The molecular formula is C20H18O4. The van der Waals surface area contributed by atoms with Crippen LogP contribution in [0.2, 0.25) is 0 Å².